The monoisotopic (exact) mass is 543 g/mol. The Morgan fingerprint density at radius 3 is 2.46 bits per heavy atom. The van der Waals surface area contributed by atoms with E-state index in [1.807, 2.05) is 24.3 Å². The summed E-state index contributed by atoms with van der Waals surface area (Å²) in [6.07, 6.45) is 8.74. The first-order valence-corrected chi connectivity index (χ1v) is 13.9. The lowest BCUT2D eigenvalue weighted by molar-refractivity contribution is 0.0480. The minimum absolute atomic E-state index is 0.0435. The van der Waals surface area contributed by atoms with E-state index in [4.69, 9.17) is 18.6 Å². The summed E-state index contributed by atoms with van der Waals surface area (Å²) < 4.78 is 21.8. The van der Waals surface area contributed by atoms with Gasteiger partial charge >= 0.3 is 11.7 Å². The minimum Gasteiger partial charge on any atom is -0.442 e. The van der Waals surface area contributed by atoms with Crippen LogP contribution in [0.2, 0.25) is 0 Å². The Balaban J connectivity index is 1.27. The summed E-state index contributed by atoms with van der Waals surface area (Å²) in [4.78, 5) is 38.9. The van der Waals surface area contributed by atoms with Crippen LogP contribution < -0.4 is 21.2 Å². The molecule has 3 rings (SSSR count). The number of alkyl carbamates (subject to hydrolysis) is 1. The van der Waals surface area contributed by atoms with Gasteiger partial charge in [-0.1, -0.05) is 12.5 Å². The molecule has 39 heavy (non-hydrogen) atoms. The van der Waals surface area contributed by atoms with Crippen molar-refractivity contribution in [1.82, 2.24) is 10.6 Å². The van der Waals surface area contributed by atoms with Crippen molar-refractivity contribution in [3.05, 3.63) is 52.4 Å². The molecule has 0 bridgehead atoms. The lowest BCUT2D eigenvalue weighted by atomic mass is 10.0. The number of fused-ring (bicyclic) bond motifs is 1. The van der Waals surface area contributed by atoms with Gasteiger partial charge in [0.05, 0.1) is 26.4 Å². The van der Waals surface area contributed by atoms with Gasteiger partial charge in [-0.2, -0.15) is 0 Å². The molecule has 0 spiro atoms. The van der Waals surface area contributed by atoms with Crippen LogP contribution in [0.5, 0.6) is 0 Å². The van der Waals surface area contributed by atoms with Gasteiger partial charge in [-0.05, 0) is 63.8 Å². The normalized spacial score (nSPS) is 15.4. The second-order valence-electron chi connectivity index (χ2n) is 9.26. The maximum atomic E-state index is 12.5. The van der Waals surface area contributed by atoms with Crippen LogP contribution in [0.4, 0.5) is 10.5 Å². The van der Waals surface area contributed by atoms with E-state index in [0.717, 1.165) is 44.5 Å². The summed E-state index contributed by atoms with van der Waals surface area (Å²) in [6, 6.07) is 7.17. The second kappa shape index (κ2) is 16.6. The lowest BCUT2D eigenvalue weighted by Crippen LogP contribution is -2.32. The van der Waals surface area contributed by atoms with Gasteiger partial charge in [0.15, 0.2) is 0 Å². The largest absolute Gasteiger partial charge is 0.442 e. The molecule has 0 unspecified atom stereocenters. The Morgan fingerprint density at radius 1 is 0.974 bits per heavy atom. The Morgan fingerprint density at radius 2 is 1.72 bits per heavy atom. The summed E-state index contributed by atoms with van der Waals surface area (Å²) in [6.45, 7) is 7.66. The molecule has 0 radical (unpaired) electrons. The van der Waals surface area contributed by atoms with Crippen LogP contribution in [0.1, 0.15) is 56.3 Å². The molecule has 1 aliphatic carbocycles. The number of carbonyl (C=O) groups excluding carboxylic acids is 2. The molecule has 10 nitrogen and oxygen atoms in total. The van der Waals surface area contributed by atoms with Crippen molar-refractivity contribution in [1.29, 1.82) is 0 Å². The van der Waals surface area contributed by atoms with Crippen LogP contribution >= 0.6 is 0 Å². The number of hydrogen-bond donors (Lipinski definition) is 2. The molecule has 0 saturated heterocycles. The quantitative estimate of drug-likeness (QED) is 0.208. The summed E-state index contributed by atoms with van der Waals surface area (Å²) in [5.74, 6) is -0.508. The summed E-state index contributed by atoms with van der Waals surface area (Å²) >= 11 is 0. The fraction of sp³-hybridized carbons (Fsp3) is 0.552. The minimum atomic E-state index is -0.676. The van der Waals surface area contributed by atoms with Crippen LogP contribution in [0.3, 0.4) is 0 Å². The number of carbonyl (C=O) groups is 2. The first-order valence-electron chi connectivity index (χ1n) is 13.9. The van der Waals surface area contributed by atoms with Crippen LogP contribution in [-0.4, -0.2) is 70.7 Å². The second-order valence-corrected chi connectivity index (χ2v) is 9.26. The number of amides is 2. The zero-order chi connectivity index (χ0) is 27.9. The van der Waals surface area contributed by atoms with Crippen LogP contribution in [0.15, 0.2) is 45.6 Å². The molecule has 2 aromatic rings. The zero-order valence-electron chi connectivity index (χ0n) is 23.0. The molecule has 0 aliphatic heterocycles. The number of benzene rings is 1. The lowest BCUT2D eigenvalue weighted by Gasteiger charge is -2.21. The number of hydrogen-bond acceptors (Lipinski definition) is 8. The van der Waals surface area contributed by atoms with Crippen LogP contribution in [-0.2, 0) is 14.2 Å². The molecule has 1 aromatic carbocycles. The van der Waals surface area contributed by atoms with E-state index in [0.29, 0.717) is 37.3 Å². The number of rotatable bonds is 14. The smallest absolute Gasteiger partial charge is 0.407 e. The third kappa shape index (κ3) is 10.0. The highest BCUT2D eigenvalue weighted by molar-refractivity contribution is 5.97. The predicted molar refractivity (Wildman–Crippen MR) is 151 cm³/mol. The number of nitrogens with zero attached hydrogens (tertiary/aromatic N) is 1. The van der Waals surface area contributed by atoms with Crippen molar-refractivity contribution >= 4 is 28.7 Å². The van der Waals surface area contributed by atoms with Crippen molar-refractivity contribution in [3.63, 3.8) is 0 Å². The standard InChI is InChI=1S/C29H41N3O7/c1-3-32(4-2)23-13-12-22-20-25(28(34)39-26(22)21-23)27(33)30-14-16-36-18-19-37-17-15-31-29(35)38-24-10-8-6-5-7-9-11-24/h8,10,12-13,20-21,24H,3-7,9,11,14-19H2,1-2H3,(H,30,33)(H,31,35)/t24-/m1/s1. The van der Waals surface area contributed by atoms with Gasteiger partial charge in [0.1, 0.15) is 17.3 Å². The first-order chi connectivity index (χ1) is 19.0. The Labute approximate surface area is 229 Å². The highest BCUT2D eigenvalue weighted by Crippen LogP contribution is 2.22. The summed E-state index contributed by atoms with van der Waals surface area (Å²) in [7, 11) is 0. The maximum absolute atomic E-state index is 12.5. The van der Waals surface area contributed by atoms with Crippen molar-refractivity contribution in [2.75, 3.05) is 57.5 Å². The average Bonchev–Trinajstić information content (AvgIpc) is 2.91. The van der Waals surface area contributed by atoms with Gasteiger partial charge < -0.3 is 34.2 Å². The fourth-order valence-electron chi connectivity index (χ4n) is 4.33. The molecular formula is C29H41N3O7. The van der Waals surface area contributed by atoms with Crippen molar-refractivity contribution < 1.29 is 28.2 Å². The van der Waals surface area contributed by atoms with E-state index in [1.165, 1.54) is 6.42 Å². The maximum Gasteiger partial charge on any atom is 0.407 e. The highest BCUT2D eigenvalue weighted by Gasteiger charge is 2.15. The topological polar surface area (TPSA) is 119 Å². The van der Waals surface area contributed by atoms with E-state index in [1.54, 1.807) is 6.07 Å². The zero-order valence-corrected chi connectivity index (χ0v) is 23.0. The van der Waals surface area contributed by atoms with Gasteiger partial charge in [0, 0.05) is 43.3 Å². The number of ether oxygens (including phenoxy) is 3. The van der Waals surface area contributed by atoms with Crippen molar-refractivity contribution in [2.45, 2.75) is 52.1 Å². The van der Waals surface area contributed by atoms with Gasteiger partial charge in [-0.15, -0.1) is 0 Å². The number of allylic oxidation sites excluding steroid dienone is 1. The average molecular weight is 544 g/mol. The molecular weight excluding hydrogens is 502 g/mol. The number of nitrogens with one attached hydrogen (secondary N) is 2. The predicted octanol–water partition coefficient (Wildman–Crippen LogP) is 4.02. The Kier molecular flexibility index (Phi) is 12.8. The molecule has 2 N–H and O–H groups in total. The van der Waals surface area contributed by atoms with E-state index < -0.39 is 17.6 Å². The van der Waals surface area contributed by atoms with Crippen LogP contribution in [0, 0.1) is 0 Å². The van der Waals surface area contributed by atoms with Gasteiger partial charge in [0.2, 0.25) is 0 Å². The molecule has 1 aromatic heterocycles. The van der Waals surface area contributed by atoms with Gasteiger partial charge in [0.25, 0.3) is 5.91 Å². The van der Waals surface area contributed by atoms with E-state index >= 15 is 0 Å². The number of anilines is 1. The van der Waals surface area contributed by atoms with E-state index in [-0.39, 0.29) is 24.8 Å². The molecule has 2 amide bonds. The molecule has 214 valence electrons. The van der Waals surface area contributed by atoms with Crippen molar-refractivity contribution in [3.8, 4) is 0 Å². The van der Waals surface area contributed by atoms with E-state index in [2.05, 4.69) is 35.5 Å². The molecule has 0 fully saturated rings. The fourth-order valence-corrected chi connectivity index (χ4v) is 4.33. The summed E-state index contributed by atoms with van der Waals surface area (Å²) in [5.41, 5.74) is 0.692. The molecule has 1 aliphatic rings. The molecule has 10 heteroatoms. The molecule has 1 atom stereocenters. The summed E-state index contributed by atoms with van der Waals surface area (Å²) in [5, 5.41) is 6.05. The van der Waals surface area contributed by atoms with Gasteiger partial charge in [-0.3, -0.25) is 4.79 Å². The highest BCUT2D eigenvalue weighted by atomic mass is 16.6. The third-order valence-corrected chi connectivity index (χ3v) is 6.48. The Bertz CT molecular complexity index is 1140. The first kappa shape index (κ1) is 30.2. The van der Waals surface area contributed by atoms with Gasteiger partial charge in [-0.25, -0.2) is 9.59 Å². The molecule has 1 heterocycles. The third-order valence-electron chi connectivity index (χ3n) is 6.48. The Hall–Kier alpha value is -3.37. The van der Waals surface area contributed by atoms with E-state index in [9.17, 15) is 14.4 Å². The SMILES string of the molecule is CCN(CC)c1ccc2cc(C(=O)NCCOCCOCCNC(=O)O[C@@H]3C=CCCCCC3)c(=O)oc2c1. The van der Waals surface area contributed by atoms with Crippen LogP contribution in [0.25, 0.3) is 11.0 Å². The van der Waals surface area contributed by atoms with Crippen molar-refractivity contribution in [2.24, 2.45) is 0 Å². The molecule has 0 saturated carbocycles.